The molecule has 3 rings (SSSR count). The minimum absolute atomic E-state index is 0.0936. The first-order chi connectivity index (χ1) is 12.9. The van der Waals surface area contributed by atoms with E-state index in [-0.39, 0.29) is 16.7 Å². The molecule has 0 atom stereocenters. The van der Waals surface area contributed by atoms with Gasteiger partial charge in [0.1, 0.15) is 17.1 Å². The Labute approximate surface area is 155 Å². The average Bonchev–Trinajstić information content (AvgIpc) is 2.69. The number of rotatable bonds is 5. The first-order valence-electron chi connectivity index (χ1n) is 8.54. The fourth-order valence-electron chi connectivity index (χ4n) is 2.67. The molecule has 2 aromatic heterocycles. The minimum atomic E-state index is -0.504. The number of nitrogens with zero attached hydrogens (tertiary/aromatic N) is 3. The van der Waals surface area contributed by atoms with E-state index in [0.29, 0.717) is 18.0 Å². The van der Waals surface area contributed by atoms with Gasteiger partial charge in [0.15, 0.2) is 0 Å². The van der Waals surface area contributed by atoms with Crippen LogP contribution >= 0.6 is 0 Å². The number of carbonyl (C=O) groups excluding carboxylic acids is 1. The Hall–Kier alpha value is -3.42. The van der Waals surface area contributed by atoms with Crippen LogP contribution in [0.2, 0.25) is 0 Å². The number of amides is 1. The normalized spacial score (nSPS) is 10.8. The monoisotopic (exact) mass is 368 g/mol. The summed E-state index contributed by atoms with van der Waals surface area (Å²) >= 11 is 0. The first kappa shape index (κ1) is 18.4. The number of hydrogen-bond donors (Lipinski definition) is 1. The lowest BCUT2D eigenvalue weighted by molar-refractivity contribution is 0.102. The van der Waals surface area contributed by atoms with Crippen molar-refractivity contribution >= 4 is 22.6 Å². The predicted octanol–water partition coefficient (Wildman–Crippen LogP) is 1.67. The van der Waals surface area contributed by atoms with Gasteiger partial charge < -0.3 is 10.1 Å². The summed E-state index contributed by atoms with van der Waals surface area (Å²) in [5, 5.41) is 3.03. The topological polar surface area (TPSA) is 95.2 Å². The number of ether oxygens (including phenoxy) is 1. The fraction of sp³-hybridized carbons (Fsp3) is 0.263. The molecule has 8 nitrogen and oxygen atoms in total. The average molecular weight is 368 g/mol. The van der Waals surface area contributed by atoms with Gasteiger partial charge in [-0.2, -0.15) is 0 Å². The molecule has 0 saturated carbocycles. The summed E-state index contributed by atoms with van der Waals surface area (Å²) in [7, 11) is 2.91. The molecule has 0 spiro atoms. The molecule has 0 saturated heterocycles. The fourth-order valence-corrected chi connectivity index (χ4v) is 2.67. The van der Waals surface area contributed by atoms with E-state index in [9.17, 15) is 14.4 Å². The zero-order chi connectivity index (χ0) is 19.6. The van der Waals surface area contributed by atoms with E-state index in [1.165, 1.54) is 30.8 Å². The smallest absolute Gasteiger partial charge is 0.332 e. The summed E-state index contributed by atoms with van der Waals surface area (Å²) in [5.41, 5.74) is -0.181. The van der Waals surface area contributed by atoms with Crippen LogP contribution in [0.1, 0.15) is 23.8 Å². The van der Waals surface area contributed by atoms with Gasteiger partial charge in [-0.05, 0) is 30.7 Å². The maximum atomic E-state index is 12.6. The van der Waals surface area contributed by atoms with Gasteiger partial charge in [0, 0.05) is 14.1 Å². The predicted molar refractivity (Wildman–Crippen MR) is 102 cm³/mol. The van der Waals surface area contributed by atoms with E-state index in [1.54, 1.807) is 18.2 Å². The van der Waals surface area contributed by atoms with Crippen LogP contribution in [0.3, 0.4) is 0 Å². The number of nitrogens with one attached hydrogen (secondary N) is 1. The summed E-state index contributed by atoms with van der Waals surface area (Å²) in [5.74, 6) is 0.104. The van der Waals surface area contributed by atoms with Crippen molar-refractivity contribution < 1.29 is 9.53 Å². The number of aryl methyl sites for hydroxylation is 1. The molecule has 1 N–H and O–H groups in total. The maximum Gasteiger partial charge on any atom is 0.332 e. The molecule has 0 aliphatic carbocycles. The van der Waals surface area contributed by atoms with Crippen molar-refractivity contribution in [3.05, 3.63) is 62.9 Å². The van der Waals surface area contributed by atoms with Gasteiger partial charge in [0.25, 0.3) is 11.5 Å². The molecular weight excluding hydrogens is 348 g/mol. The van der Waals surface area contributed by atoms with Crippen LogP contribution in [0, 0.1) is 0 Å². The molecule has 1 amide bonds. The standard InChI is InChI=1S/C19H20N4O4/c1-4-11-27-15-8-6-5-7-13(15)21-17(24)14-10-9-12-16(20-14)22(2)19(26)23(3)18(12)25/h5-10H,4,11H2,1-3H3,(H,21,24). The van der Waals surface area contributed by atoms with Crippen molar-refractivity contribution in [2.24, 2.45) is 14.1 Å². The van der Waals surface area contributed by atoms with E-state index in [4.69, 9.17) is 4.74 Å². The molecule has 140 valence electrons. The Morgan fingerprint density at radius 2 is 1.85 bits per heavy atom. The van der Waals surface area contributed by atoms with Crippen molar-refractivity contribution in [1.29, 1.82) is 0 Å². The second kappa shape index (κ2) is 7.45. The van der Waals surface area contributed by atoms with E-state index >= 15 is 0 Å². The van der Waals surface area contributed by atoms with Crippen LogP contribution in [-0.4, -0.2) is 26.6 Å². The SMILES string of the molecule is CCCOc1ccccc1NC(=O)c1ccc2c(=O)n(C)c(=O)n(C)c2n1. The van der Waals surface area contributed by atoms with Crippen LogP contribution in [0.4, 0.5) is 5.69 Å². The zero-order valence-corrected chi connectivity index (χ0v) is 15.4. The number of aromatic nitrogens is 3. The Kier molecular flexibility index (Phi) is 5.07. The molecule has 0 fully saturated rings. The second-order valence-corrected chi connectivity index (χ2v) is 6.07. The molecule has 3 aromatic rings. The first-order valence-corrected chi connectivity index (χ1v) is 8.54. The highest BCUT2D eigenvalue weighted by atomic mass is 16.5. The number of hydrogen-bond acceptors (Lipinski definition) is 5. The van der Waals surface area contributed by atoms with Crippen molar-refractivity contribution in [3.8, 4) is 5.75 Å². The van der Waals surface area contributed by atoms with Crippen LogP contribution in [0.15, 0.2) is 46.0 Å². The molecule has 0 aliphatic heterocycles. The van der Waals surface area contributed by atoms with Crippen LogP contribution in [0.25, 0.3) is 11.0 Å². The number of fused-ring (bicyclic) bond motifs is 1. The molecule has 0 unspecified atom stereocenters. The number of benzene rings is 1. The molecule has 8 heteroatoms. The third-order valence-corrected chi connectivity index (χ3v) is 4.13. The van der Waals surface area contributed by atoms with Crippen LogP contribution in [0.5, 0.6) is 5.75 Å². The van der Waals surface area contributed by atoms with Gasteiger partial charge in [-0.25, -0.2) is 9.78 Å². The summed E-state index contributed by atoms with van der Waals surface area (Å²) in [4.78, 5) is 41.2. The van der Waals surface area contributed by atoms with Gasteiger partial charge in [-0.1, -0.05) is 19.1 Å². The highest BCUT2D eigenvalue weighted by Crippen LogP contribution is 2.24. The van der Waals surface area contributed by atoms with Gasteiger partial charge in [0.2, 0.25) is 0 Å². The Morgan fingerprint density at radius 3 is 2.59 bits per heavy atom. The largest absolute Gasteiger partial charge is 0.491 e. The highest BCUT2D eigenvalue weighted by molar-refractivity contribution is 6.04. The lowest BCUT2D eigenvalue weighted by atomic mass is 10.2. The summed E-state index contributed by atoms with van der Waals surface area (Å²) in [6, 6.07) is 10.1. The number of pyridine rings is 1. The van der Waals surface area contributed by atoms with Gasteiger partial charge in [-0.15, -0.1) is 0 Å². The zero-order valence-electron chi connectivity index (χ0n) is 15.4. The van der Waals surface area contributed by atoms with E-state index < -0.39 is 17.2 Å². The van der Waals surface area contributed by atoms with Gasteiger partial charge in [-0.3, -0.25) is 18.7 Å². The molecule has 0 aliphatic rings. The lowest BCUT2D eigenvalue weighted by Crippen LogP contribution is -2.37. The van der Waals surface area contributed by atoms with E-state index in [0.717, 1.165) is 11.0 Å². The number of anilines is 1. The van der Waals surface area contributed by atoms with Crippen LogP contribution < -0.4 is 21.3 Å². The molecular formula is C19H20N4O4. The summed E-state index contributed by atoms with van der Waals surface area (Å²) < 4.78 is 7.88. The summed E-state index contributed by atoms with van der Waals surface area (Å²) in [6.07, 6.45) is 0.845. The van der Waals surface area contributed by atoms with Crippen molar-refractivity contribution in [1.82, 2.24) is 14.1 Å². The number of para-hydroxylation sites is 2. The van der Waals surface area contributed by atoms with Crippen molar-refractivity contribution in [2.45, 2.75) is 13.3 Å². The minimum Gasteiger partial charge on any atom is -0.491 e. The molecule has 0 radical (unpaired) electrons. The Balaban J connectivity index is 1.98. The number of carbonyl (C=O) groups is 1. The van der Waals surface area contributed by atoms with Crippen molar-refractivity contribution in [2.75, 3.05) is 11.9 Å². The third-order valence-electron chi connectivity index (χ3n) is 4.13. The molecule has 0 bridgehead atoms. The summed E-state index contributed by atoms with van der Waals surface area (Å²) in [6.45, 7) is 2.53. The Bertz CT molecular complexity index is 1130. The Morgan fingerprint density at radius 1 is 1.11 bits per heavy atom. The van der Waals surface area contributed by atoms with Crippen molar-refractivity contribution in [3.63, 3.8) is 0 Å². The quantitative estimate of drug-likeness (QED) is 0.739. The molecule has 2 heterocycles. The molecule has 27 heavy (non-hydrogen) atoms. The van der Waals surface area contributed by atoms with Gasteiger partial charge in [0.05, 0.1) is 17.7 Å². The van der Waals surface area contributed by atoms with E-state index in [2.05, 4.69) is 10.3 Å². The van der Waals surface area contributed by atoms with Gasteiger partial charge >= 0.3 is 5.69 Å². The molecule has 1 aromatic carbocycles. The third kappa shape index (κ3) is 3.46. The van der Waals surface area contributed by atoms with E-state index in [1.807, 2.05) is 13.0 Å². The maximum absolute atomic E-state index is 12.6. The van der Waals surface area contributed by atoms with Crippen LogP contribution in [-0.2, 0) is 14.1 Å². The highest BCUT2D eigenvalue weighted by Gasteiger charge is 2.15. The lowest BCUT2D eigenvalue weighted by Gasteiger charge is -2.12. The second-order valence-electron chi connectivity index (χ2n) is 6.07.